The molecule has 86 valence electrons. The molecule has 0 amide bonds. The van der Waals surface area contributed by atoms with Crippen molar-refractivity contribution in [2.75, 3.05) is 13.1 Å². The number of hydrogen-bond acceptors (Lipinski definition) is 2. The second-order valence-electron chi connectivity index (χ2n) is 4.19. The van der Waals surface area contributed by atoms with Crippen LogP contribution in [0.15, 0.2) is 30.3 Å². The van der Waals surface area contributed by atoms with E-state index in [-0.39, 0.29) is 11.3 Å². The van der Waals surface area contributed by atoms with Crippen LogP contribution in [-0.4, -0.2) is 29.3 Å². The normalized spacial score (nSPS) is 21.9. The minimum atomic E-state index is 0.0291. The molecule has 0 radical (unpaired) electrons. The Morgan fingerprint density at radius 1 is 1.31 bits per heavy atom. The number of nitrogens with zero attached hydrogens (tertiary/aromatic N) is 1. The van der Waals surface area contributed by atoms with Crippen LogP contribution in [0.5, 0.6) is 0 Å². The van der Waals surface area contributed by atoms with Gasteiger partial charge in [-0.15, -0.1) is 11.6 Å². The molecule has 1 aliphatic rings. The van der Waals surface area contributed by atoms with Gasteiger partial charge in [-0.3, -0.25) is 9.69 Å². The molecular formula is C13H16ClNO. The average Bonchev–Trinajstić information content (AvgIpc) is 2.33. The van der Waals surface area contributed by atoms with Gasteiger partial charge < -0.3 is 0 Å². The summed E-state index contributed by atoms with van der Waals surface area (Å²) < 4.78 is 0. The monoisotopic (exact) mass is 237 g/mol. The predicted octanol–water partition coefficient (Wildman–Crippen LogP) is 2.92. The zero-order valence-corrected chi connectivity index (χ0v) is 9.99. The topological polar surface area (TPSA) is 20.3 Å². The number of rotatable bonds is 3. The molecule has 1 fully saturated rings. The van der Waals surface area contributed by atoms with E-state index in [0.29, 0.717) is 6.54 Å². The van der Waals surface area contributed by atoms with Crippen LogP contribution >= 0.6 is 11.6 Å². The first kappa shape index (κ1) is 11.6. The molecule has 2 rings (SSSR count). The molecule has 0 N–H and O–H groups in total. The first-order valence-electron chi connectivity index (χ1n) is 5.74. The Hall–Kier alpha value is -0.860. The number of carbonyl (C=O) groups is 1. The predicted molar refractivity (Wildman–Crippen MR) is 65.8 cm³/mol. The van der Waals surface area contributed by atoms with Gasteiger partial charge in [0.2, 0.25) is 0 Å². The maximum absolute atomic E-state index is 12.0. The van der Waals surface area contributed by atoms with Gasteiger partial charge >= 0.3 is 0 Å². The summed E-state index contributed by atoms with van der Waals surface area (Å²) in [7, 11) is 0. The first-order chi connectivity index (χ1) is 7.77. The van der Waals surface area contributed by atoms with Crippen LogP contribution in [0, 0.1) is 0 Å². The highest BCUT2D eigenvalue weighted by atomic mass is 35.5. The summed E-state index contributed by atoms with van der Waals surface area (Å²) in [6.07, 6.45) is 3.30. The Morgan fingerprint density at radius 3 is 2.75 bits per heavy atom. The van der Waals surface area contributed by atoms with Gasteiger partial charge in [-0.25, -0.2) is 0 Å². The molecule has 3 heteroatoms. The van der Waals surface area contributed by atoms with E-state index in [1.165, 1.54) is 6.42 Å². The molecule has 1 unspecified atom stereocenters. The zero-order chi connectivity index (χ0) is 11.4. The van der Waals surface area contributed by atoms with Crippen molar-refractivity contribution in [3.8, 4) is 0 Å². The minimum Gasteiger partial charge on any atom is -0.293 e. The van der Waals surface area contributed by atoms with Crippen LogP contribution in [0.2, 0.25) is 0 Å². The van der Waals surface area contributed by atoms with E-state index >= 15 is 0 Å². The van der Waals surface area contributed by atoms with Crippen LogP contribution in [-0.2, 0) is 0 Å². The molecule has 1 heterocycles. The maximum atomic E-state index is 12.0. The molecule has 0 aromatic heterocycles. The number of ketones is 1. The molecule has 1 saturated heterocycles. The van der Waals surface area contributed by atoms with Gasteiger partial charge in [0.25, 0.3) is 0 Å². The Balaban J connectivity index is 1.96. The quantitative estimate of drug-likeness (QED) is 0.458. The highest BCUT2D eigenvalue weighted by molar-refractivity contribution is 6.20. The summed E-state index contributed by atoms with van der Waals surface area (Å²) in [4.78, 5) is 14.0. The number of Topliss-reactive ketones (excluding diaryl/α,β-unsaturated/α-hetero) is 1. The van der Waals surface area contributed by atoms with Crippen molar-refractivity contribution in [3.63, 3.8) is 0 Å². The van der Waals surface area contributed by atoms with Crippen molar-refractivity contribution in [3.05, 3.63) is 35.9 Å². The fourth-order valence-corrected chi connectivity index (χ4v) is 2.35. The van der Waals surface area contributed by atoms with Gasteiger partial charge in [0.05, 0.1) is 12.0 Å². The summed E-state index contributed by atoms with van der Waals surface area (Å²) in [6.45, 7) is 1.38. The van der Waals surface area contributed by atoms with Crippen molar-refractivity contribution in [2.24, 2.45) is 0 Å². The standard InChI is InChI=1S/C13H16ClNO/c14-13-8-4-5-9-15(13)10-12(16)11-6-2-1-3-7-11/h1-3,6-7,13H,4-5,8-10H2. The van der Waals surface area contributed by atoms with E-state index in [1.807, 2.05) is 30.3 Å². The van der Waals surface area contributed by atoms with Crippen molar-refractivity contribution >= 4 is 17.4 Å². The lowest BCUT2D eigenvalue weighted by Crippen LogP contribution is -2.39. The molecular weight excluding hydrogens is 222 g/mol. The second-order valence-corrected chi connectivity index (χ2v) is 4.69. The lowest BCUT2D eigenvalue weighted by atomic mass is 10.1. The zero-order valence-electron chi connectivity index (χ0n) is 9.23. The molecule has 1 aromatic rings. The number of likely N-dealkylation sites (tertiary alicyclic amines) is 1. The number of piperidine rings is 1. The number of carbonyl (C=O) groups excluding carboxylic acids is 1. The molecule has 1 aliphatic heterocycles. The van der Waals surface area contributed by atoms with Crippen LogP contribution in [0.1, 0.15) is 29.6 Å². The van der Waals surface area contributed by atoms with Gasteiger partial charge in [-0.1, -0.05) is 30.3 Å². The Labute approximate surface area is 101 Å². The van der Waals surface area contributed by atoms with Crippen LogP contribution in [0.4, 0.5) is 0 Å². The highest BCUT2D eigenvalue weighted by Crippen LogP contribution is 2.20. The molecule has 1 atom stereocenters. The summed E-state index contributed by atoms with van der Waals surface area (Å²) in [6, 6.07) is 9.41. The van der Waals surface area contributed by atoms with E-state index in [4.69, 9.17) is 11.6 Å². The van der Waals surface area contributed by atoms with E-state index in [9.17, 15) is 4.79 Å². The van der Waals surface area contributed by atoms with Crippen molar-refractivity contribution in [2.45, 2.75) is 24.8 Å². The van der Waals surface area contributed by atoms with Gasteiger partial charge in [0, 0.05) is 12.1 Å². The Bertz CT molecular complexity index is 352. The summed E-state index contributed by atoms with van der Waals surface area (Å²) in [5, 5.41) is 0. The van der Waals surface area contributed by atoms with Crippen LogP contribution in [0.3, 0.4) is 0 Å². The Kier molecular flexibility index (Phi) is 3.97. The van der Waals surface area contributed by atoms with Crippen molar-refractivity contribution in [1.82, 2.24) is 4.90 Å². The number of alkyl halides is 1. The first-order valence-corrected chi connectivity index (χ1v) is 6.17. The smallest absolute Gasteiger partial charge is 0.176 e. The third-order valence-corrected chi connectivity index (χ3v) is 3.47. The summed E-state index contributed by atoms with van der Waals surface area (Å²) >= 11 is 6.19. The summed E-state index contributed by atoms with van der Waals surface area (Å²) in [5.74, 6) is 0.160. The average molecular weight is 238 g/mol. The Morgan fingerprint density at radius 2 is 2.06 bits per heavy atom. The van der Waals surface area contributed by atoms with E-state index in [1.54, 1.807) is 0 Å². The van der Waals surface area contributed by atoms with Crippen molar-refractivity contribution < 1.29 is 4.79 Å². The molecule has 0 spiro atoms. The highest BCUT2D eigenvalue weighted by Gasteiger charge is 2.22. The number of hydrogen-bond donors (Lipinski definition) is 0. The van der Waals surface area contributed by atoms with Gasteiger partial charge in [0.1, 0.15) is 0 Å². The van der Waals surface area contributed by atoms with E-state index in [0.717, 1.165) is 24.9 Å². The van der Waals surface area contributed by atoms with Crippen molar-refractivity contribution in [1.29, 1.82) is 0 Å². The largest absolute Gasteiger partial charge is 0.293 e. The SMILES string of the molecule is O=C(CN1CCCCC1Cl)c1ccccc1. The van der Waals surface area contributed by atoms with E-state index in [2.05, 4.69) is 4.90 Å². The van der Waals surface area contributed by atoms with E-state index < -0.39 is 0 Å². The van der Waals surface area contributed by atoms with Gasteiger partial charge in [-0.05, 0) is 19.3 Å². The second kappa shape index (κ2) is 5.46. The lowest BCUT2D eigenvalue weighted by molar-refractivity contribution is 0.0898. The number of benzene rings is 1. The fraction of sp³-hybridized carbons (Fsp3) is 0.462. The van der Waals surface area contributed by atoms with Gasteiger partial charge in [-0.2, -0.15) is 0 Å². The maximum Gasteiger partial charge on any atom is 0.176 e. The third kappa shape index (κ3) is 2.83. The lowest BCUT2D eigenvalue weighted by Gasteiger charge is -2.30. The molecule has 0 aliphatic carbocycles. The minimum absolute atomic E-state index is 0.0291. The summed E-state index contributed by atoms with van der Waals surface area (Å²) in [5.41, 5.74) is 0.804. The molecule has 0 bridgehead atoms. The molecule has 2 nitrogen and oxygen atoms in total. The van der Waals surface area contributed by atoms with Gasteiger partial charge in [0.15, 0.2) is 5.78 Å². The third-order valence-electron chi connectivity index (χ3n) is 2.98. The molecule has 16 heavy (non-hydrogen) atoms. The molecule has 1 aromatic carbocycles. The molecule has 0 saturated carbocycles. The van der Waals surface area contributed by atoms with Crippen LogP contribution in [0.25, 0.3) is 0 Å². The van der Waals surface area contributed by atoms with Crippen LogP contribution < -0.4 is 0 Å². The number of halogens is 1. The fourth-order valence-electron chi connectivity index (χ4n) is 2.03.